The zero-order valence-electron chi connectivity index (χ0n) is 10.7. The molecule has 84 valence electrons. The number of aryl methyl sites for hydroxylation is 1. The van der Waals surface area contributed by atoms with Gasteiger partial charge in [0, 0.05) is 0 Å². The summed E-state index contributed by atoms with van der Waals surface area (Å²) in [7, 11) is 0. The number of fused-ring (bicyclic) bond motifs is 1. The summed E-state index contributed by atoms with van der Waals surface area (Å²) in [4.78, 5) is 0. The van der Waals surface area contributed by atoms with E-state index in [1.165, 1.54) is 21.6 Å². The lowest BCUT2D eigenvalue weighted by atomic mass is 10.1. The third-order valence-corrected chi connectivity index (χ3v) is 2.56. The number of benzene rings is 2. The van der Waals surface area contributed by atoms with Gasteiger partial charge in [0.15, 0.2) is 0 Å². The Kier molecular flexibility index (Phi) is 4.30. The van der Waals surface area contributed by atoms with Crippen LogP contribution in [-0.4, -0.2) is 0 Å². The van der Waals surface area contributed by atoms with Crippen LogP contribution in [0.4, 0.5) is 0 Å². The van der Waals surface area contributed by atoms with Gasteiger partial charge in [-0.1, -0.05) is 50.3 Å². The van der Waals surface area contributed by atoms with Crippen molar-refractivity contribution < 1.29 is 0 Å². The fourth-order valence-corrected chi connectivity index (χ4v) is 1.75. The van der Waals surface area contributed by atoms with Crippen LogP contribution in [0.5, 0.6) is 0 Å². The highest BCUT2D eigenvalue weighted by Gasteiger charge is 1.93. The molecule has 0 heterocycles. The van der Waals surface area contributed by atoms with Crippen LogP contribution in [0.25, 0.3) is 23.4 Å². The Morgan fingerprint density at radius 2 is 1.69 bits per heavy atom. The summed E-state index contributed by atoms with van der Waals surface area (Å²) in [6, 6.07) is 10.8. The van der Waals surface area contributed by atoms with Crippen molar-refractivity contribution in [2.45, 2.75) is 27.7 Å². The molecular formula is C16H20. The highest BCUT2D eigenvalue weighted by molar-refractivity contribution is 5.83. The van der Waals surface area contributed by atoms with Gasteiger partial charge < -0.3 is 0 Å². The normalized spacial score (nSPS) is 11.1. The van der Waals surface area contributed by atoms with Crippen molar-refractivity contribution in [3.63, 3.8) is 0 Å². The third-order valence-electron chi connectivity index (χ3n) is 2.56. The van der Waals surface area contributed by atoms with E-state index in [0.717, 1.165) is 5.22 Å². The summed E-state index contributed by atoms with van der Waals surface area (Å²) in [6.45, 7) is 12.2. The molecule has 0 amide bonds. The van der Waals surface area contributed by atoms with Crippen LogP contribution in [0.3, 0.4) is 0 Å². The fourth-order valence-electron chi connectivity index (χ4n) is 1.75. The summed E-state index contributed by atoms with van der Waals surface area (Å²) in [5.41, 5.74) is 1.30. The van der Waals surface area contributed by atoms with Crippen LogP contribution in [0.15, 0.2) is 30.3 Å². The maximum atomic E-state index is 4.04. The molecule has 2 rings (SSSR count). The zero-order chi connectivity index (χ0) is 12.1. The minimum absolute atomic E-state index is 1.10. The molecule has 0 N–H and O–H groups in total. The summed E-state index contributed by atoms with van der Waals surface area (Å²) in [6.07, 6.45) is 2.10. The van der Waals surface area contributed by atoms with E-state index in [-0.39, 0.29) is 0 Å². The molecule has 0 heteroatoms. The van der Waals surface area contributed by atoms with Crippen LogP contribution < -0.4 is 10.4 Å². The molecular weight excluding hydrogens is 192 g/mol. The average molecular weight is 212 g/mol. The Labute approximate surface area is 97.9 Å². The molecule has 0 aliphatic carbocycles. The van der Waals surface area contributed by atoms with E-state index in [4.69, 9.17) is 0 Å². The minimum Gasteiger partial charge on any atom is -0.0911 e. The third kappa shape index (κ3) is 2.52. The zero-order valence-corrected chi connectivity index (χ0v) is 10.7. The van der Waals surface area contributed by atoms with E-state index in [1.807, 2.05) is 20.8 Å². The molecule has 0 bridgehead atoms. The van der Waals surface area contributed by atoms with Crippen LogP contribution >= 0.6 is 0 Å². The second kappa shape index (κ2) is 5.50. The van der Waals surface area contributed by atoms with Crippen LogP contribution in [-0.2, 0) is 0 Å². The summed E-state index contributed by atoms with van der Waals surface area (Å²) < 4.78 is 0. The Morgan fingerprint density at radius 3 is 2.31 bits per heavy atom. The molecule has 0 aliphatic heterocycles. The first-order valence-electron chi connectivity index (χ1n) is 5.86. The Balaban J connectivity index is 0.000000606. The van der Waals surface area contributed by atoms with Crippen molar-refractivity contribution in [3.8, 4) is 0 Å². The van der Waals surface area contributed by atoms with Gasteiger partial charge in [0.25, 0.3) is 0 Å². The molecule has 0 aliphatic rings. The van der Waals surface area contributed by atoms with Gasteiger partial charge in [0.05, 0.1) is 0 Å². The highest BCUT2D eigenvalue weighted by atomic mass is 14.0. The van der Waals surface area contributed by atoms with Gasteiger partial charge >= 0.3 is 0 Å². The maximum Gasteiger partial charge on any atom is -0.0175 e. The quantitative estimate of drug-likeness (QED) is 0.628. The number of hydrogen-bond donors (Lipinski definition) is 0. The monoisotopic (exact) mass is 212 g/mol. The lowest BCUT2D eigenvalue weighted by molar-refractivity contribution is 1.49. The van der Waals surface area contributed by atoms with Crippen molar-refractivity contribution in [3.05, 3.63) is 46.3 Å². The van der Waals surface area contributed by atoms with Gasteiger partial charge in [0.2, 0.25) is 0 Å². The highest BCUT2D eigenvalue weighted by Crippen LogP contribution is 2.11. The van der Waals surface area contributed by atoms with E-state index in [0.29, 0.717) is 0 Å². The molecule has 0 fully saturated rings. The predicted molar refractivity (Wildman–Crippen MR) is 74.9 cm³/mol. The van der Waals surface area contributed by atoms with Gasteiger partial charge in [-0.05, 0) is 47.2 Å². The summed E-state index contributed by atoms with van der Waals surface area (Å²) >= 11 is 0. The molecule has 0 nitrogen and oxygen atoms in total. The minimum atomic E-state index is 1.10. The van der Waals surface area contributed by atoms with Crippen molar-refractivity contribution >= 4 is 23.4 Å². The predicted octanol–water partition coefficient (Wildman–Crippen LogP) is 3.39. The summed E-state index contributed by atoms with van der Waals surface area (Å²) in [5.74, 6) is 0. The first-order valence-corrected chi connectivity index (χ1v) is 5.86. The first-order chi connectivity index (χ1) is 7.70. The molecule has 0 saturated heterocycles. The second-order valence-corrected chi connectivity index (χ2v) is 3.69. The molecule has 0 atom stereocenters. The number of rotatable bonds is 0. The van der Waals surface area contributed by atoms with Crippen LogP contribution in [0.2, 0.25) is 0 Å². The lowest BCUT2D eigenvalue weighted by Gasteiger charge is -1.99. The van der Waals surface area contributed by atoms with E-state index in [9.17, 15) is 0 Å². The molecule has 0 saturated carbocycles. The van der Waals surface area contributed by atoms with Gasteiger partial charge in [-0.25, -0.2) is 0 Å². The van der Waals surface area contributed by atoms with Gasteiger partial charge in [-0.3, -0.25) is 0 Å². The smallest absolute Gasteiger partial charge is 0.0175 e. The van der Waals surface area contributed by atoms with Crippen molar-refractivity contribution in [2.24, 2.45) is 0 Å². The van der Waals surface area contributed by atoms with Crippen LogP contribution in [0.1, 0.15) is 26.3 Å². The van der Waals surface area contributed by atoms with Gasteiger partial charge in [-0.2, -0.15) is 0 Å². The molecule has 16 heavy (non-hydrogen) atoms. The largest absolute Gasteiger partial charge is 0.0911 e. The Bertz CT molecular complexity index is 577. The van der Waals surface area contributed by atoms with E-state index in [1.54, 1.807) is 0 Å². The number of hydrogen-bond acceptors (Lipinski definition) is 0. The van der Waals surface area contributed by atoms with Gasteiger partial charge in [-0.15, -0.1) is 0 Å². The SMILES string of the molecule is C=c1cc2cc(C)ccc2c/c1=C/C.CC. The fraction of sp³-hybridized carbons (Fsp3) is 0.250. The average Bonchev–Trinajstić information content (AvgIpc) is 2.30. The van der Waals surface area contributed by atoms with E-state index < -0.39 is 0 Å². The molecule has 0 unspecified atom stereocenters. The standard InChI is InChI=1S/C14H14.C2H6/c1-4-12-9-13-6-5-10(2)7-14(13)8-11(12)3;1-2/h4-9H,3H2,1-2H3;1-2H3/b12-4-;. The molecule has 2 aromatic rings. The van der Waals surface area contributed by atoms with Crippen LogP contribution in [0, 0.1) is 6.92 Å². The molecule has 2 aromatic carbocycles. The first kappa shape index (κ1) is 12.5. The van der Waals surface area contributed by atoms with E-state index in [2.05, 4.69) is 49.9 Å². The van der Waals surface area contributed by atoms with Crippen molar-refractivity contribution in [1.29, 1.82) is 0 Å². The lowest BCUT2D eigenvalue weighted by Crippen LogP contribution is -2.21. The van der Waals surface area contributed by atoms with Crippen molar-refractivity contribution in [2.75, 3.05) is 0 Å². The topological polar surface area (TPSA) is 0 Å². The second-order valence-electron chi connectivity index (χ2n) is 3.69. The molecule has 0 spiro atoms. The van der Waals surface area contributed by atoms with Crippen molar-refractivity contribution in [1.82, 2.24) is 0 Å². The molecule has 0 radical (unpaired) electrons. The molecule has 0 aromatic heterocycles. The Hall–Kier alpha value is -1.56. The van der Waals surface area contributed by atoms with Gasteiger partial charge in [0.1, 0.15) is 0 Å². The Morgan fingerprint density at radius 1 is 1.00 bits per heavy atom. The maximum absolute atomic E-state index is 4.04. The summed E-state index contributed by atoms with van der Waals surface area (Å²) in [5, 5.41) is 4.89. The van der Waals surface area contributed by atoms with E-state index >= 15 is 0 Å².